The minimum atomic E-state index is -2.19. The molecule has 0 aromatic heterocycles. The van der Waals surface area contributed by atoms with Crippen LogP contribution in [0.2, 0.25) is 0 Å². The molecule has 4 unspecified atom stereocenters. The van der Waals surface area contributed by atoms with E-state index in [-0.39, 0.29) is 5.78 Å². The Morgan fingerprint density at radius 3 is 1.19 bits per heavy atom. The fourth-order valence-corrected chi connectivity index (χ4v) is 6.36. The van der Waals surface area contributed by atoms with Gasteiger partial charge in [-0.05, 0) is 12.8 Å². The van der Waals surface area contributed by atoms with Crippen LogP contribution in [0.25, 0.3) is 0 Å². The Labute approximate surface area is 269 Å². The third kappa shape index (κ3) is 23.6. The third-order valence-electron chi connectivity index (χ3n) is 9.15. The van der Waals surface area contributed by atoms with Crippen molar-refractivity contribution in [3.05, 3.63) is 0 Å². The van der Waals surface area contributed by atoms with Crippen molar-refractivity contribution in [3.8, 4) is 0 Å². The van der Waals surface area contributed by atoms with E-state index in [0.29, 0.717) is 12.8 Å². The lowest BCUT2D eigenvalue weighted by molar-refractivity contribution is -0.147. The summed E-state index contributed by atoms with van der Waals surface area (Å²) in [5.74, 6) is -1.72. The average molecular weight is 629 g/mol. The van der Waals surface area contributed by atoms with Gasteiger partial charge >= 0.3 is 0 Å². The molecule has 0 aliphatic rings. The molecule has 0 radical (unpaired) electrons. The van der Waals surface area contributed by atoms with Crippen molar-refractivity contribution < 1.29 is 24.9 Å². The molecule has 0 rings (SSSR count). The van der Waals surface area contributed by atoms with Gasteiger partial charge in [-0.1, -0.05) is 190 Å². The summed E-state index contributed by atoms with van der Waals surface area (Å²) in [5.41, 5.74) is 0. The lowest BCUT2D eigenvalue weighted by Gasteiger charge is -2.29. The topological polar surface area (TPSA) is 94.8 Å². The van der Waals surface area contributed by atoms with E-state index >= 15 is 0 Å². The van der Waals surface area contributed by atoms with E-state index < -0.39 is 29.8 Å². The Kier molecular flexibility index (Phi) is 30.1. The quantitative estimate of drug-likeness (QED) is 0.0374. The first-order chi connectivity index (χ1) is 20.8. The minimum absolute atomic E-state index is 0.131. The average Bonchev–Trinajstić information content (AvgIpc) is 3.00. The second-order valence-corrected chi connectivity index (χ2v) is 14.2. The summed E-state index contributed by atoms with van der Waals surface area (Å²) in [6.07, 6.45) is 32.5. The van der Waals surface area contributed by atoms with Crippen LogP contribution < -0.4 is 0 Å². The third-order valence-corrected chi connectivity index (χ3v) is 9.82. The number of carbonyl (C=O) groups is 2. The van der Waals surface area contributed by atoms with Gasteiger partial charge in [-0.3, -0.25) is 9.59 Å². The van der Waals surface area contributed by atoms with Gasteiger partial charge in [0.15, 0.2) is 11.1 Å². The Hall–Kier alpha value is -0.350. The Morgan fingerprint density at radius 1 is 0.558 bits per heavy atom. The van der Waals surface area contributed by atoms with E-state index in [9.17, 15) is 24.9 Å². The highest BCUT2D eigenvalue weighted by molar-refractivity contribution is 7.20. The lowest BCUT2D eigenvalue weighted by Crippen LogP contribution is -2.50. The van der Waals surface area contributed by atoms with Crippen LogP contribution in [-0.2, 0) is 9.59 Å². The molecule has 4 atom stereocenters. The monoisotopic (exact) mass is 629 g/mol. The highest BCUT2D eigenvalue weighted by atomic mass is 31.0. The molecular formula is C37H73O5P. The van der Waals surface area contributed by atoms with Gasteiger partial charge in [0.05, 0.1) is 12.5 Å². The van der Waals surface area contributed by atoms with Gasteiger partial charge in [-0.25, -0.2) is 0 Å². The van der Waals surface area contributed by atoms with Crippen molar-refractivity contribution in [3.63, 3.8) is 0 Å². The van der Waals surface area contributed by atoms with Gasteiger partial charge in [0.25, 0.3) is 0 Å². The van der Waals surface area contributed by atoms with Crippen LogP contribution in [0.3, 0.4) is 0 Å². The van der Waals surface area contributed by atoms with Crippen LogP contribution in [0, 0.1) is 5.92 Å². The standard InChI is InChI=1S/C37H73O5P/c1-3-5-7-9-11-13-15-17-19-20-22-24-26-28-30-33(36(41)37(42,43)35(40)32-38)34(39)31-29-27-25-23-21-18-16-14-12-10-8-6-4-2/h33,35,38,40,42H,3-32,43H2,1-2H3. The summed E-state index contributed by atoms with van der Waals surface area (Å²) in [4.78, 5) is 26.3. The number of ketones is 2. The number of rotatable bonds is 34. The summed E-state index contributed by atoms with van der Waals surface area (Å²) >= 11 is 0. The summed E-state index contributed by atoms with van der Waals surface area (Å²) in [6.45, 7) is 3.78. The number of unbranched alkanes of at least 4 members (excludes halogenated alkanes) is 25. The zero-order chi connectivity index (χ0) is 32.0. The largest absolute Gasteiger partial charge is 0.394 e. The van der Waals surface area contributed by atoms with E-state index in [2.05, 4.69) is 13.8 Å². The molecule has 0 aromatic carbocycles. The van der Waals surface area contributed by atoms with Crippen molar-refractivity contribution in [1.82, 2.24) is 0 Å². The van der Waals surface area contributed by atoms with Crippen LogP contribution in [0.15, 0.2) is 0 Å². The first-order valence-corrected chi connectivity index (χ1v) is 19.3. The predicted molar refractivity (Wildman–Crippen MR) is 186 cm³/mol. The first kappa shape index (κ1) is 42.6. The van der Waals surface area contributed by atoms with Crippen molar-refractivity contribution in [2.24, 2.45) is 5.92 Å². The molecule has 0 amide bonds. The Morgan fingerprint density at radius 2 is 0.860 bits per heavy atom. The molecule has 5 nitrogen and oxygen atoms in total. The highest BCUT2D eigenvalue weighted by Crippen LogP contribution is 2.29. The summed E-state index contributed by atoms with van der Waals surface area (Å²) in [6, 6.07) is 0. The summed E-state index contributed by atoms with van der Waals surface area (Å²) in [5, 5.41) is 27.8. The van der Waals surface area contributed by atoms with E-state index in [4.69, 9.17) is 0 Å². The molecule has 0 aliphatic heterocycles. The van der Waals surface area contributed by atoms with Crippen LogP contribution >= 0.6 is 9.24 Å². The molecule has 256 valence electrons. The number of aliphatic hydroxyl groups excluding tert-OH is 2. The maximum absolute atomic E-state index is 13.1. The maximum Gasteiger partial charge on any atom is 0.181 e. The van der Waals surface area contributed by atoms with E-state index in [0.717, 1.165) is 38.5 Å². The first-order valence-electron chi connectivity index (χ1n) is 18.7. The van der Waals surface area contributed by atoms with Gasteiger partial charge in [-0.15, -0.1) is 0 Å². The van der Waals surface area contributed by atoms with E-state index in [1.807, 2.05) is 9.24 Å². The zero-order valence-corrected chi connectivity index (χ0v) is 29.8. The van der Waals surface area contributed by atoms with E-state index in [1.165, 1.54) is 135 Å². The molecule has 0 saturated carbocycles. The number of hydrogen-bond donors (Lipinski definition) is 3. The van der Waals surface area contributed by atoms with Gasteiger partial charge in [0.2, 0.25) is 0 Å². The predicted octanol–water partition coefficient (Wildman–Crippen LogP) is 10.0. The molecule has 3 N–H and O–H groups in total. The molecule has 0 spiro atoms. The molecule has 6 heteroatoms. The van der Waals surface area contributed by atoms with Crippen LogP contribution in [0.5, 0.6) is 0 Å². The summed E-state index contributed by atoms with van der Waals surface area (Å²) in [7, 11) is 1.98. The highest BCUT2D eigenvalue weighted by Gasteiger charge is 2.43. The van der Waals surface area contributed by atoms with Crippen LogP contribution in [-0.4, -0.2) is 44.9 Å². The molecule has 0 fully saturated rings. The lowest BCUT2D eigenvalue weighted by atomic mass is 9.85. The van der Waals surface area contributed by atoms with Gasteiger partial charge < -0.3 is 15.3 Å². The second kappa shape index (κ2) is 30.3. The van der Waals surface area contributed by atoms with E-state index in [1.54, 1.807) is 0 Å². The van der Waals surface area contributed by atoms with Crippen molar-refractivity contribution in [2.75, 3.05) is 6.61 Å². The van der Waals surface area contributed by atoms with Crippen molar-refractivity contribution in [1.29, 1.82) is 0 Å². The number of hydrogen-bond acceptors (Lipinski definition) is 5. The minimum Gasteiger partial charge on any atom is -0.394 e. The molecule has 0 bridgehead atoms. The zero-order valence-electron chi connectivity index (χ0n) is 28.6. The Bertz CT molecular complexity index is 638. The van der Waals surface area contributed by atoms with Gasteiger partial charge in [0, 0.05) is 6.42 Å². The fraction of sp³-hybridized carbons (Fsp3) is 0.946. The van der Waals surface area contributed by atoms with Crippen molar-refractivity contribution in [2.45, 2.75) is 211 Å². The number of carbonyl (C=O) groups excluding carboxylic acids is 2. The smallest absolute Gasteiger partial charge is 0.181 e. The number of Topliss-reactive ketones (excluding diaryl/α,β-unsaturated/α-hetero) is 2. The molecular weight excluding hydrogens is 555 g/mol. The SMILES string of the molecule is CCCCCCCCCCCCCCCCC(C(=O)CCCCCCCCCCCCCCC)C(=O)C(O)(P)C(O)CO. The second-order valence-electron chi connectivity index (χ2n) is 13.3. The van der Waals surface area contributed by atoms with Gasteiger partial charge in [-0.2, -0.15) is 0 Å². The Balaban J connectivity index is 4.25. The van der Waals surface area contributed by atoms with Crippen LogP contribution in [0.4, 0.5) is 0 Å². The van der Waals surface area contributed by atoms with Gasteiger partial charge in [0.1, 0.15) is 11.9 Å². The molecule has 0 aromatic rings. The fourth-order valence-electron chi connectivity index (χ4n) is 6.06. The van der Waals surface area contributed by atoms with Crippen molar-refractivity contribution >= 4 is 20.8 Å². The molecule has 0 aliphatic carbocycles. The molecule has 0 saturated heterocycles. The normalized spacial score (nSPS) is 14.5. The molecule has 0 heterocycles. The molecule has 43 heavy (non-hydrogen) atoms. The maximum atomic E-state index is 13.1. The van der Waals surface area contributed by atoms with Crippen LogP contribution in [0.1, 0.15) is 200 Å². The number of aliphatic hydroxyl groups is 3. The summed E-state index contributed by atoms with van der Waals surface area (Å²) < 4.78 is 0.